The number of nitrogens with one attached hydrogen (secondary N) is 1. The van der Waals surface area contributed by atoms with Crippen molar-refractivity contribution in [3.63, 3.8) is 0 Å². The number of anilines is 1. The maximum atomic E-state index is 12.0. The van der Waals surface area contributed by atoms with Gasteiger partial charge < -0.3 is 14.8 Å². The predicted molar refractivity (Wildman–Crippen MR) is 92.8 cm³/mol. The second-order valence-electron chi connectivity index (χ2n) is 5.27. The molecule has 0 fully saturated rings. The quantitative estimate of drug-likeness (QED) is 0.836. The van der Waals surface area contributed by atoms with Crippen LogP contribution in [-0.2, 0) is 9.53 Å². The van der Waals surface area contributed by atoms with E-state index >= 15 is 0 Å². The van der Waals surface area contributed by atoms with Gasteiger partial charge in [0.05, 0.1) is 12.7 Å². The lowest BCUT2D eigenvalue weighted by atomic mass is 10.1. The molecule has 0 saturated carbocycles. The number of ether oxygens (including phenoxy) is 2. The lowest BCUT2D eigenvalue weighted by Crippen LogP contribution is -2.20. The van der Waals surface area contributed by atoms with E-state index in [1.165, 1.54) is 7.11 Å². The number of benzene rings is 2. The average molecular weight is 348 g/mol. The van der Waals surface area contributed by atoms with Crippen molar-refractivity contribution in [2.75, 3.05) is 19.0 Å². The minimum absolute atomic E-state index is 0.123. The molecule has 0 bridgehead atoms. The number of amides is 1. The molecule has 126 valence electrons. The van der Waals surface area contributed by atoms with Crippen molar-refractivity contribution in [1.29, 1.82) is 0 Å². The summed E-state index contributed by atoms with van der Waals surface area (Å²) in [7, 11) is 1.32. The van der Waals surface area contributed by atoms with Gasteiger partial charge in [0, 0.05) is 10.7 Å². The summed E-state index contributed by atoms with van der Waals surface area (Å²) in [4.78, 5) is 23.4. The monoisotopic (exact) mass is 347 g/mol. The molecule has 0 heterocycles. The molecule has 0 aliphatic rings. The molecule has 0 aliphatic heterocycles. The molecule has 2 aromatic rings. The highest BCUT2D eigenvalue weighted by molar-refractivity contribution is 6.30. The smallest absolute Gasteiger partial charge is 0.337 e. The van der Waals surface area contributed by atoms with Gasteiger partial charge in [0.2, 0.25) is 0 Å². The summed E-state index contributed by atoms with van der Waals surface area (Å²) in [6, 6.07) is 9.98. The number of aryl methyl sites for hydroxylation is 2. The topological polar surface area (TPSA) is 64.6 Å². The molecule has 0 unspecified atom stereocenters. The van der Waals surface area contributed by atoms with Gasteiger partial charge in [0.25, 0.3) is 5.91 Å². The zero-order valence-corrected chi connectivity index (χ0v) is 14.4. The van der Waals surface area contributed by atoms with Crippen LogP contribution in [0.25, 0.3) is 0 Å². The molecule has 24 heavy (non-hydrogen) atoms. The first-order chi connectivity index (χ1) is 11.4. The van der Waals surface area contributed by atoms with E-state index in [1.807, 2.05) is 13.8 Å². The Balaban J connectivity index is 1.95. The van der Waals surface area contributed by atoms with E-state index < -0.39 is 5.97 Å². The molecule has 1 amide bonds. The van der Waals surface area contributed by atoms with Crippen LogP contribution in [0.2, 0.25) is 5.02 Å². The molecule has 2 aromatic carbocycles. The lowest BCUT2D eigenvalue weighted by Gasteiger charge is -2.12. The van der Waals surface area contributed by atoms with Gasteiger partial charge >= 0.3 is 5.97 Å². The van der Waals surface area contributed by atoms with Crippen LogP contribution >= 0.6 is 11.6 Å². The highest BCUT2D eigenvalue weighted by Crippen LogP contribution is 2.27. The number of hydrogen-bond acceptors (Lipinski definition) is 4. The number of rotatable bonds is 5. The van der Waals surface area contributed by atoms with Crippen molar-refractivity contribution in [1.82, 2.24) is 0 Å². The van der Waals surface area contributed by atoms with E-state index in [2.05, 4.69) is 10.1 Å². The van der Waals surface area contributed by atoms with Gasteiger partial charge in [0.1, 0.15) is 5.75 Å². The molecular weight excluding hydrogens is 330 g/mol. The van der Waals surface area contributed by atoms with E-state index in [9.17, 15) is 9.59 Å². The molecule has 5 nitrogen and oxygen atoms in total. The number of esters is 1. The summed E-state index contributed by atoms with van der Waals surface area (Å²) >= 11 is 5.97. The molecular formula is C18H18ClNO4. The fourth-order valence-corrected chi connectivity index (χ4v) is 2.59. The molecule has 0 aromatic heterocycles. The molecule has 0 spiro atoms. The summed E-state index contributed by atoms with van der Waals surface area (Å²) in [5, 5.41) is 3.34. The van der Waals surface area contributed by atoms with Gasteiger partial charge in [-0.1, -0.05) is 11.6 Å². The van der Waals surface area contributed by atoms with Crippen molar-refractivity contribution in [3.05, 3.63) is 58.1 Å². The van der Waals surface area contributed by atoms with Crippen molar-refractivity contribution < 1.29 is 19.1 Å². The predicted octanol–water partition coefficient (Wildman–Crippen LogP) is 3.76. The summed E-state index contributed by atoms with van der Waals surface area (Å²) in [5.41, 5.74) is 2.73. The molecule has 0 atom stereocenters. The summed E-state index contributed by atoms with van der Waals surface area (Å²) in [6.45, 7) is 3.62. The van der Waals surface area contributed by atoms with Crippen LogP contribution in [0, 0.1) is 13.8 Å². The van der Waals surface area contributed by atoms with E-state index in [4.69, 9.17) is 16.3 Å². The Morgan fingerprint density at radius 3 is 2.21 bits per heavy atom. The average Bonchev–Trinajstić information content (AvgIpc) is 2.53. The fraction of sp³-hybridized carbons (Fsp3) is 0.222. The minimum atomic E-state index is -0.426. The third-order valence-electron chi connectivity index (χ3n) is 3.36. The lowest BCUT2D eigenvalue weighted by molar-refractivity contribution is -0.118. The summed E-state index contributed by atoms with van der Waals surface area (Å²) in [5.74, 6) is -0.0740. The largest absolute Gasteiger partial charge is 0.483 e. The first kappa shape index (κ1) is 17.8. The van der Waals surface area contributed by atoms with Gasteiger partial charge in [-0.2, -0.15) is 0 Å². The van der Waals surface area contributed by atoms with Crippen LogP contribution in [0.1, 0.15) is 21.5 Å². The molecule has 6 heteroatoms. The minimum Gasteiger partial charge on any atom is -0.483 e. The second kappa shape index (κ2) is 7.84. The van der Waals surface area contributed by atoms with Gasteiger partial charge in [0.15, 0.2) is 6.61 Å². The van der Waals surface area contributed by atoms with Crippen LogP contribution in [0.5, 0.6) is 5.75 Å². The number of hydrogen-bond donors (Lipinski definition) is 1. The van der Waals surface area contributed by atoms with Crippen molar-refractivity contribution in [2.24, 2.45) is 0 Å². The maximum Gasteiger partial charge on any atom is 0.337 e. The van der Waals surface area contributed by atoms with E-state index in [1.54, 1.807) is 36.4 Å². The Morgan fingerprint density at radius 2 is 1.67 bits per heavy atom. The fourth-order valence-electron chi connectivity index (χ4n) is 2.27. The van der Waals surface area contributed by atoms with Gasteiger partial charge in [-0.05, 0) is 61.4 Å². The standard InChI is InChI=1S/C18H18ClNO4/c1-11-8-14(19)9-12(2)17(11)24-10-16(21)20-15-6-4-13(5-7-15)18(22)23-3/h4-9H,10H2,1-3H3,(H,20,21). The Labute approximate surface area is 145 Å². The highest BCUT2D eigenvalue weighted by Gasteiger charge is 2.10. The molecule has 2 rings (SSSR count). The van der Waals surface area contributed by atoms with Crippen molar-refractivity contribution >= 4 is 29.2 Å². The Bertz CT molecular complexity index is 733. The number of carbonyl (C=O) groups excluding carboxylic acids is 2. The third-order valence-corrected chi connectivity index (χ3v) is 3.58. The van der Waals surface area contributed by atoms with Crippen molar-refractivity contribution in [3.8, 4) is 5.75 Å². The first-order valence-electron chi connectivity index (χ1n) is 7.28. The molecule has 0 aliphatic carbocycles. The summed E-state index contributed by atoms with van der Waals surface area (Å²) in [6.07, 6.45) is 0. The Morgan fingerprint density at radius 1 is 1.08 bits per heavy atom. The van der Waals surface area contributed by atoms with Crippen LogP contribution in [0.3, 0.4) is 0 Å². The third kappa shape index (κ3) is 4.49. The van der Waals surface area contributed by atoms with Gasteiger partial charge in [-0.15, -0.1) is 0 Å². The van der Waals surface area contributed by atoms with Crippen LogP contribution in [-0.4, -0.2) is 25.6 Å². The number of methoxy groups -OCH3 is 1. The van der Waals surface area contributed by atoms with Gasteiger partial charge in [-0.25, -0.2) is 4.79 Å². The van der Waals surface area contributed by atoms with Crippen LogP contribution in [0.4, 0.5) is 5.69 Å². The zero-order chi connectivity index (χ0) is 17.7. The maximum absolute atomic E-state index is 12.0. The number of carbonyl (C=O) groups is 2. The normalized spacial score (nSPS) is 10.2. The van der Waals surface area contributed by atoms with Crippen LogP contribution < -0.4 is 10.1 Å². The zero-order valence-electron chi connectivity index (χ0n) is 13.7. The number of halogens is 1. The van der Waals surface area contributed by atoms with E-state index in [0.717, 1.165) is 11.1 Å². The van der Waals surface area contributed by atoms with Crippen LogP contribution in [0.15, 0.2) is 36.4 Å². The summed E-state index contributed by atoms with van der Waals surface area (Å²) < 4.78 is 10.2. The first-order valence-corrected chi connectivity index (χ1v) is 7.66. The Hall–Kier alpha value is -2.53. The SMILES string of the molecule is COC(=O)c1ccc(NC(=O)COc2c(C)cc(Cl)cc2C)cc1. The Kier molecular flexibility index (Phi) is 5.82. The molecule has 0 saturated heterocycles. The van der Waals surface area contributed by atoms with E-state index in [-0.39, 0.29) is 12.5 Å². The molecule has 0 radical (unpaired) electrons. The molecule has 1 N–H and O–H groups in total. The second-order valence-corrected chi connectivity index (χ2v) is 5.71. The highest BCUT2D eigenvalue weighted by atomic mass is 35.5. The van der Waals surface area contributed by atoms with Crippen molar-refractivity contribution in [2.45, 2.75) is 13.8 Å². The van der Waals surface area contributed by atoms with Gasteiger partial charge in [-0.3, -0.25) is 4.79 Å². The van der Waals surface area contributed by atoms with E-state index in [0.29, 0.717) is 22.0 Å².